The van der Waals surface area contributed by atoms with Crippen LogP contribution < -0.4 is 5.32 Å². The molecule has 2 amide bonds. The fourth-order valence-corrected chi connectivity index (χ4v) is 3.78. The Bertz CT molecular complexity index is 951. The summed E-state index contributed by atoms with van der Waals surface area (Å²) in [4.78, 5) is 19.9. The first-order valence-electron chi connectivity index (χ1n) is 9.48. The number of carbonyl (C=O) groups is 1. The summed E-state index contributed by atoms with van der Waals surface area (Å²) < 4.78 is 37.9. The number of hydrogen-bond donors (Lipinski definition) is 1. The first-order valence-corrected chi connectivity index (χ1v) is 9.86. The number of anilines is 1. The molecule has 2 aliphatic rings. The van der Waals surface area contributed by atoms with Crippen molar-refractivity contribution in [2.45, 2.75) is 31.0 Å². The number of oxime groups is 1. The Labute approximate surface area is 176 Å². The number of alkyl halides is 3. The molecule has 0 atom stereocenters. The monoisotopic (exact) mass is 437 g/mol. The number of carbonyl (C=O) groups excluding carboxylic acids is 1. The van der Waals surface area contributed by atoms with Crippen molar-refractivity contribution in [2.75, 3.05) is 18.4 Å². The van der Waals surface area contributed by atoms with Crippen LogP contribution in [0.15, 0.2) is 53.7 Å². The van der Waals surface area contributed by atoms with E-state index in [4.69, 9.17) is 16.4 Å². The van der Waals surface area contributed by atoms with Gasteiger partial charge in [0.15, 0.2) is 0 Å². The van der Waals surface area contributed by atoms with Crippen LogP contribution in [0.3, 0.4) is 0 Å². The fourth-order valence-electron chi connectivity index (χ4n) is 3.65. The van der Waals surface area contributed by atoms with Gasteiger partial charge < -0.3 is 15.1 Å². The molecule has 0 aliphatic carbocycles. The largest absolute Gasteiger partial charge is 0.416 e. The summed E-state index contributed by atoms with van der Waals surface area (Å²) in [5.41, 5.74) is 0.947. The van der Waals surface area contributed by atoms with Crippen LogP contribution in [0.5, 0.6) is 0 Å². The van der Waals surface area contributed by atoms with Gasteiger partial charge in [-0.1, -0.05) is 28.9 Å². The topological polar surface area (TPSA) is 53.9 Å². The standard InChI is InChI=1S/C21H19ClF3N3O2/c22-16-5-1-14(2-6-16)18-13-20(30-27-18)9-11-28(12-10-20)19(29)26-17-7-3-15(4-8-17)21(23,24)25/h1-8H,9-13H2,(H,26,29). The van der Waals surface area contributed by atoms with Crippen molar-refractivity contribution in [3.63, 3.8) is 0 Å². The van der Waals surface area contributed by atoms with E-state index < -0.39 is 17.3 Å². The number of nitrogens with one attached hydrogen (secondary N) is 1. The minimum Gasteiger partial charge on any atom is -0.388 e. The lowest BCUT2D eigenvalue weighted by Gasteiger charge is -2.37. The Hall–Kier alpha value is -2.74. The zero-order valence-electron chi connectivity index (χ0n) is 15.9. The summed E-state index contributed by atoms with van der Waals surface area (Å²) in [7, 11) is 0. The number of urea groups is 1. The van der Waals surface area contributed by atoms with Crippen molar-refractivity contribution in [3.05, 3.63) is 64.7 Å². The molecule has 1 saturated heterocycles. The Morgan fingerprint density at radius 2 is 1.70 bits per heavy atom. The van der Waals surface area contributed by atoms with E-state index in [9.17, 15) is 18.0 Å². The Balaban J connectivity index is 1.31. The van der Waals surface area contributed by atoms with Crippen LogP contribution in [0, 0.1) is 0 Å². The van der Waals surface area contributed by atoms with Crippen LogP contribution in [0.4, 0.5) is 23.7 Å². The first kappa shape index (κ1) is 20.5. The highest BCUT2D eigenvalue weighted by atomic mass is 35.5. The SMILES string of the molecule is O=C(Nc1ccc(C(F)(F)F)cc1)N1CCC2(CC1)CC(c1ccc(Cl)cc1)=NO2. The summed E-state index contributed by atoms with van der Waals surface area (Å²) in [5.74, 6) is 0. The van der Waals surface area contributed by atoms with Crippen molar-refractivity contribution in [3.8, 4) is 0 Å². The molecule has 0 bridgehead atoms. The molecular weight excluding hydrogens is 419 g/mol. The van der Waals surface area contributed by atoms with Crippen molar-refractivity contribution >= 4 is 29.0 Å². The molecule has 2 aromatic carbocycles. The number of hydrogen-bond acceptors (Lipinski definition) is 3. The van der Waals surface area contributed by atoms with E-state index in [0.717, 1.165) is 23.4 Å². The molecule has 2 aliphatic heterocycles. The highest BCUT2D eigenvalue weighted by Gasteiger charge is 2.43. The molecule has 1 N–H and O–H groups in total. The van der Waals surface area contributed by atoms with E-state index in [1.807, 2.05) is 12.1 Å². The van der Waals surface area contributed by atoms with E-state index in [1.54, 1.807) is 17.0 Å². The third-order valence-electron chi connectivity index (χ3n) is 5.44. The van der Waals surface area contributed by atoms with E-state index in [-0.39, 0.29) is 6.03 Å². The lowest BCUT2D eigenvalue weighted by molar-refractivity contribution is -0.137. The van der Waals surface area contributed by atoms with Gasteiger partial charge in [0.2, 0.25) is 0 Å². The highest BCUT2D eigenvalue weighted by molar-refractivity contribution is 6.30. The van der Waals surface area contributed by atoms with Crippen LogP contribution in [0.1, 0.15) is 30.4 Å². The van der Waals surface area contributed by atoms with Crippen LogP contribution in [-0.2, 0) is 11.0 Å². The third kappa shape index (κ3) is 4.38. The van der Waals surface area contributed by atoms with Gasteiger partial charge in [-0.2, -0.15) is 13.2 Å². The molecule has 2 heterocycles. The number of likely N-dealkylation sites (tertiary alicyclic amines) is 1. The Morgan fingerprint density at radius 1 is 1.07 bits per heavy atom. The van der Waals surface area contributed by atoms with Crippen LogP contribution in [-0.4, -0.2) is 35.3 Å². The Kier molecular flexibility index (Phi) is 5.36. The van der Waals surface area contributed by atoms with E-state index in [2.05, 4.69) is 10.5 Å². The number of halogens is 4. The minimum absolute atomic E-state index is 0.318. The number of nitrogens with zero attached hydrogens (tertiary/aromatic N) is 2. The van der Waals surface area contributed by atoms with Gasteiger partial charge in [0.25, 0.3) is 0 Å². The number of rotatable bonds is 2. The second-order valence-electron chi connectivity index (χ2n) is 7.49. The molecular formula is C21H19ClF3N3O2. The Morgan fingerprint density at radius 3 is 2.30 bits per heavy atom. The van der Waals surface area contributed by atoms with E-state index in [0.29, 0.717) is 43.1 Å². The maximum atomic E-state index is 12.6. The molecule has 0 unspecified atom stereocenters. The summed E-state index contributed by atoms with van der Waals surface area (Å²) in [5, 5.41) is 7.54. The second-order valence-corrected chi connectivity index (χ2v) is 7.92. The molecule has 5 nitrogen and oxygen atoms in total. The number of piperidine rings is 1. The summed E-state index contributed by atoms with van der Waals surface area (Å²) >= 11 is 5.93. The molecule has 0 saturated carbocycles. The third-order valence-corrected chi connectivity index (χ3v) is 5.69. The average Bonchev–Trinajstić information content (AvgIpc) is 3.12. The highest BCUT2D eigenvalue weighted by Crippen LogP contribution is 2.36. The zero-order valence-corrected chi connectivity index (χ0v) is 16.6. The molecule has 158 valence electrons. The van der Waals surface area contributed by atoms with Gasteiger partial charge in [-0.05, 0) is 42.0 Å². The predicted molar refractivity (Wildman–Crippen MR) is 108 cm³/mol. The van der Waals surface area contributed by atoms with Gasteiger partial charge >= 0.3 is 12.2 Å². The van der Waals surface area contributed by atoms with Crippen LogP contribution in [0.25, 0.3) is 0 Å². The van der Waals surface area contributed by atoms with Crippen molar-refractivity contribution in [1.29, 1.82) is 0 Å². The summed E-state index contributed by atoms with van der Waals surface area (Å²) in [6.07, 6.45) is -2.51. The average molecular weight is 438 g/mol. The van der Waals surface area contributed by atoms with Gasteiger partial charge in [0.05, 0.1) is 11.3 Å². The molecule has 0 radical (unpaired) electrons. The zero-order chi connectivity index (χ0) is 21.4. The predicted octanol–water partition coefficient (Wildman–Crippen LogP) is 5.55. The minimum atomic E-state index is -4.40. The normalized spacial score (nSPS) is 18.1. The maximum Gasteiger partial charge on any atom is 0.416 e. The van der Waals surface area contributed by atoms with Crippen molar-refractivity contribution in [1.82, 2.24) is 4.90 Å². The molecule has 2 aromatic rings. The van der Waals surface area contributed by atoms with Crippen LogP contribution in [0.2, 0.25) is 5.02 Å². The van der Waals surface area contributed by atoms with Crippen molar-refractivity contribution in [2.24, 2.45) is 5.16 Å². The quantitative estimate of drug-likeness (QED) is 0.669. The molecule has 1 fully saturated rings. The van der Waals surface area contributed by atoms with Gasteiger partial charge in [-0.15, -0.1) is 0 Å². The van der Waals surface area contributed by atoms with Gasteiger partial charge in [0, 0.05) is 43.1 Å². The summed E-state index contributed by atoms with van der Waals surface area (Å²) in [6.45, 7) is 0.936. The smallest absolute Gasteiger partial charge is 0.388 e. The number of amides is 2. The van der Waals surface area contributed by atoms with Gasteiger partial charge in [-0.25, -0.2) is 4.79 Å². The van der Waals surface area contributed by atoms with E-state index in [1.165, 1.54) is 12.1 Å². The lowest BCUT2D eigenvalue weighted by Crippen LogP contribution is -2.48. The van der Waals surface area contributed by atoms with Crippen LogP contribution >= 0.6 is 11.6 Å². The van der Waals surface area contributed by atoms with E-state index >= 15 is 0 Å². The molecule has 0 aromatic heterocycles. The molecule has 9 heteroatoms. The lowest BCUT2D eigenvalue weighted by atomic mass is 9.85. The fraction of sp³-hybridized carbons (Fsp3) is 0.333. The molecule has 30 heavy (non-hydrogen) atoms. The van der Waals surface area contributed by atoms with Gasteiger partial charge in [-0.3, -0.25) is 0 Å². The molecule has 4 rings (SSSR count). The first-order chi connectivity index (χ1) is 14.2. The van der Waals surface area contributed by atoms with Gasteiger partial charge in [0.1, 0.15) is 5.60 Å². The maximum absolute atomic E-state index is 12.6. The van der Waals surface area contributed by atoms with Crippen molar-refractivity contribution < 1.29 is 22.8 Å². The summed E-state index contributed by atoms with van der Waals surface area (Å²) in [6, 6.07) is 11.5. The second kappa shape index (κ2) is 7.83. The number of benzene rings is 2. The molecule has 1 spiro atoms.